The van der Waals surface area contributed by atoms with E-state index in [1.807, 2.05) is 10.6 Å². The number of hydrogen-bond donors (Lipinski definition) is 0. The summed E-state index contributed by atoms with van der Waals surface area (Å²) >= 11 is 6.29. The molecule has 128 valence electrons. The SMILES string of the molecule is Cc1cc(-c2cnc3c(Cl)cn(CC(=O)C4CCC4)c3c2)ccc1F. The van der Waals surface area contributed by atoms with Gasteiger partial charge >= 0.3 is 0 Å². The largest absolute Gasteiger partial charge is 0.337 e. The van der Waals surface area contributed by atoms with E-state index in [4.69, 9.17) is 11.6 Å². The van der Waals surface area contributed by atoms with Crippen LogP contribution < -0.4 is 0 Å². The highest BCUT2D eigenvalue weighted by Crippen LogP contribution is 2.31. The lowest BCUT2D eigenvalue weighted by molar-refractivity contribution is -0.125. The Balaban J connectivity index is 1.74. The molecule has 2 heterocycles. The van der Waals surface area contributed by atoms with Gasteiger partial charge in [-0.05, 0) is 49.1 Å². The summed E-state index contributed by atoms with van der Waals surface area (Å²) in [7, 11) is 0. The smallest absolute Gasteiger partial charge is 0.155 e. The van der Waals surface area contributed by atoms with E-state index in [9.17, 15) is 9.18 Å². The quantitative estimate of drug-likeness (QED) is 0.646. The van der Waals surface area contributed by atoms with Crippen molar-refractivity contribution in [1.82, 2.24) is 9.55 Å². The number of Topliss-reactive ketones (excluding diaryl/α,β-unsaturated/α-hetero) is 1. The third kappa shape index (κ3) is 2.95. The summed E-state index contributed by atoms with van der Waals surface area (Å²) in [6.07, 6.45) is 6.63. The Morgan fingerprint density at radius 2 is 2.12 bits per heavy atom. The zero-order chi connectivity index (χ0) is 17.6. The van der Waals surface area contributed by atoms with Gasteiger partial charge in [-0.1, -0.05) is 24.1 Å². The number of carbonyl (C=O) groups is 1. The molecule has 3 aromatic rings. The van der Waals surface area contributed by atoms with E-state index in [1.165, 1.54) is 6.07 Å². The van der Waals surface area contributed by atoms with Crippen molar-refractivity contribution in [2.75, 3.05) is 0 Å². The van der Waals surface area contributed by atoms with Crippen LogP contribution in [0.4, 0.5) is 4.39 Å². The predicted molar refractivity (Wildman–Crippen MR) is 97.2 cm³/mol. The van der Waals surface area contributed by atoms with Crippen molar-refractivity contribution >= 4 is 28.4 Å². The minimum absolute atomic E-state index is 0.187. The molecule has 0 aliphatic heterocycles. The summed E-state index contributed by atoms with van der Waals surface area (Å²) < 4.78 is 15.4. The molecule has 1 saturated carbocycles. The van der Waals surface area contributed by atoms with Crippen molar-refractivity contribution < 1.29 is 9.18 Å². The van der Waals surface area contributed by atoms with E-state index < -0.39 is 0 Å². The van der Waals surface area contributed by atoms with Crippen LogP contribution in [0.25, 0.3) is 22.2 Å². The molecule has 0 unspecified atom stereocenters. The minimum atomic E-state index is -0.227. The third-order valence-corrected chi connectivity index (χ3v) is 5.33. The molecule has 1 aliphatic carbocycles. The van der Waals surface area contributed by atoms with Gasteiger partial charge in [-0.15, -0.1) is 0 Å². The number of carbonyl (C=O) groups excluding carboxylic acids is 1. The topological polar surface area (TPSA) is 34.9 Å². The Morgan fingerprint density at radius 3 is 2.80 bits per heavy atom. The van der Waals surface area contributed by atoms with Crippen molar-refractivity contribution in [3.8, 4) is 11.1 Å². The normalized spacial score (nSPS) is 14.7. The Labute approximate surface area is 150 Å². The summed E-state index contributed by atoms with van der Waals surface area (Å²) in [5.41, 5.74) is 3.87. The van der Waals surface area contributed by atoms with E-state index in [2.05, 4.69) is 4.98 Å². The van der Waals surface area contributed by atoms with Gasteiger partial charge in [0.25, 0.3) is 0 Å². The molecule has 0 amide bonds. The summed E-state index contributed by atoms with van der Waals surface area (Å²) in [5, 5.41) is 0.540. The fourth-order valence-corrected chi connectivity index (χ4v) is 3.53. The number of fused-ring (bicyclic) bond motifs is 1. The fourth-order valence-electron chi connectivity index (χ4n) is 3.26. The zero-order valence-electron chi connectivity index (χ0n) is 13.9. The summed E-state index contributed by atoms with van der Waals surface area (Å²) in [5.74, 6) is 0.213. The molecule has 1 aliphatic rings. The molecule has 3 nitrogen and oxygen atoms in total. The lowest BCUT2D eigenvalue weighted by Gasteiger charge is -2.24. The van der Waals surface area contributed by atoms with Crippen molar-refractivity contribution in [3.63, 3.8) is 0 Å². The highest BCUT2D eigenvalue weighted by molar-refractivity contribution is 6.35. The molecular formula is C20H18ClFN2O. The second-order valence-corrected chi connectivity index (χ2v) is 7.16. The molecule has 1 fully saturated rings. The van der Waals surface area contributed by atoms with Gasteiger partial charge in [0.1, 0.15) is 11.3 Å². The van der Waals surface area contributed by atoms with Crippen LogP contribution in [0.15, 0.2) is 36.7 Å². The molecule has 5 heteroatoms. The highest BCUT2D eigenvalue weighted by Gasteiger charge is 2.25. The van der Waals surface area contributed by atoms with Crippen LogP contribution in [-0.4, -0.2) is 15.3 Å². The van der Waals surface area contributed by atoms with Gasteiger partial charge in [-0.3, -0.25) is 9.78 Å². The average Bonchev–Trinajstić information content (AvgIpc) is 2.84. The minimum Gasteiger partial charge on any atom is -0.337 e. The Bertz CT molecular complexity index is 975. The van der Waals surface area contributed by atoms with E-state index in [0.717, 1.165) is 35.9 Å². The molecule has 0 bridgehead atoms. The second-order valence-electron chi connectivity index (χ2n) is 6.75. The van der Waals surface area contributed by atoms with Crippen LogP contribution >= 0.6 is 11.6 Å². The van der Waals surface area contributed by atoms with Gasteiger partial charge < -0.3 is 4.57 Å². The third-order valence-electron chi connectivity index (χ3n) is 5.05. The van der Waals surface area contributed by atoms with Gasteiger partial charge in [0.05, 0.1) is 17.1 Å². The number of pyridine rings is 1. The number of ketones is 1. The number of aryl methyl sites for hydroxylation is 1. The van der Waals surface area contributed by atoms with Crippen molar-refractivity contribution in [2.24, 2.45) is 5.92 Å². The summed E-state index contributed by atoms with van der Waals surface area (Å²) in [6.45, 7) is 2.06. The maximum atomic E-state index is 13.5. The number of aromatic nitrogens is 2. The molecule has 0 N–H and O–H groups in total. The second kappa shape index (κ2) is 6.26. The van der Waals surface area contributed by atoms with Crippen LogP contribution in [0.1, 0.15) is 24.8 Å². The van der Waals surface area contributed by atoms with E-state index >= 15 is 0 Å². The molecule has 2 aromatic heterocycles. The molecule has 1 aromatic carbocycles. The maximum absolute atomic E-state index is 13.5. The molecule has 0 atom stereocenters. The van der Waals surface area contributed by atoms with E-state index in [-0.39, 0.29) is 17.5 Å². The first-order valence-electron chi connectivity index (χ1n) is 8.46. The molecule has 25 heavy (non-hydrogen) atoms. The number of hydrogen-bond acceptors (Lipinski definition) is 2. The Kier molecular flexibility index (Phi) is 4.08. The van der Waals surface area contributed by atoms with Gasteiger partial charge in [-0.2, -0.15) is 0 Å². The lowest BCUT2D eigenvalue weighted by atomic mass is 9.82. The van der Waals surface area contributed by atoms with Gasteiger partial charge in [0.2, 0.25) is 0 Å². The van der Waals surface area contributed by atoms with Crippen LogP contribution in [0.3, 0.4) is 0 Å². The van der Waals surface area contributed by atoms with E-state index in [1.54, 1.807) is 31.5 Å². The molecule has 4 rings (SSSR count). The number of benzene rings is 1. The van der Waals surface area contributed by atoms with Crippen LogP contribution in [0, 0.1) is 18.7 Å². The molecular weight excluding hydrogens is 339 g/mol. The van der Waals surface area contributed by atoms with Crippen molar-refractivity contribution in [1.29, 1.82) is 0 Å². The predicted octanol–water partition coefficient (Wildman–Crippen LogP) is 5.17. The zero-order valence-corrected chi connectivity index (χ0v) is 14.7. The first-order chi connectivity index (χ1) is 12.0. The van der Waals surface area contributed by atoms with Gasteiger partial charge in [-0.25, -0.2) is 4.39 Å². The number of rotatable bonds is 4. The number of halogens is 2. The monoisotopic (exact) mass is 356 g/mol. The van der Waals surface area contributed by atoms with Gasteiger partial charge in [0, 0.05) is 23.9 Å². The van der Waals surface area contributed by atoms with Crippen LogP contribution in [0.5, 0.6) is 0 Å². The van der Waals surface area contributed by atoms with Crippen LogP contribution in [0.2, 0.25) is 5.02 Å². The Hall–Kier alpha value is -2.20. The molecule has 0 saturated heterocycles. The van der Waals surface area contributed by atoms with Gasteiger partial charge in [0.15, 0.2) is 5.78 Å². The molecule has 0 radical (unpaired) electrons. The summed E-state index contributed by atoms with van der Waals surface area (Å²) in [4.78, 5) is 16.8. The fraction of sp³-hybridized carbons (Fsp3) is 0.300. The van der Waals surface area contributed by atoms with Crippen molar-refractivity contribution in [2.45, 2.75) is 32.7 Å². The number of nitrogens with zero attached hydrogens (tertiary/aromatic N) is 2. The molecule has 0 spiro atoms. The van der Waals surface area contributed by atoms with E-state index in [0.29, 0.717) is 22.6 Å². The Morgan fingerprint density at radius 1 is 1.32 bits per heavy atom. The highest BCUT2D eigenvalue weighted by atomic mass is 35.5. The van der Waals surface area contributed by atoms with Crippen LogP contribution in [-0.2, 0) is 11.3 Å². The standard InChI is InChI=1S/C20H18ClFN2O/c1-12-7-14(5-6-17(12)22)15-8-18-20(23-9-15)16(21)10-24(18)11-19(25)13-3-2-4-13/h5-10,13H,2-4,11H2,1H3. The first-order valence-corrected chi connectivity index (χ1v) is 8.84. The average molecular weight is 357 g/mol. The maximum Gasteiger partial charge on any atom is 0.155 e. The summed E-state index contributed by atoms with van der Waals surface area (Å²) in [6, 6.07) is 6.96. The van der Waals surface area contributed by atoms with Crippen molar-refractivity contribution in [3.05, 3.63) is 53.1 Å². The first kappa shape index (κ1) is 16.3. The lowest BCUT2D eigenvalue weighted by Crippen LogP contribution is -2.25.